The monoisotopic (exact) mass is 213 g/mol. The number of aliphatic hydroxyl groups is 1. The van der Waals surface area contributed by atoms with Crippen LogP contribution in [0.1, 0.15) is 5.69 Å². The van der Waals surface area contributed by atoms with Gasteiger partial charge in [-0.1, -0.05) is 6.08 Å². The molecule has 3 heteroatoms. The Bertz CT molecular complexity index is 243. The van der Waals surface area contributed by atoms with Gasteiger partial charge in [0.2, 0.25) is 0 Å². The Morgan fingerprint density at radius 2 is 2.36 bits per heavy atom. The van der Waals surface area contributed by atoms with Crippen LogP contribution in [-0.2, 0) is 0 Å². The van der Waals surface area contributed by atoms with Gasteiger partial charge in [0.1, 0.15) is 0 Å². The second-order valence-corrected chi connectivity index (χ2v) is 2.90. The Morgan fingerprint density at radius 1 is 1.55 bits per heavy atom. The molecule has 0 spiro atoms. The molecule has 0 atom stereocenters. The van der Waals surface area contributed by atoms with Gasteiger partial charge in [-0.2, -0.15) is 0 Å². The van der Waals surface area contributed by atoms with Crippen molar-refractivity contribution in [3.63, 3.8) is 0 Å². The van der Waals surface area contributed by atoms with E-state index in [2.05, 4.69) is 20.9 Å². The third-order valence-electron chi connectivity index (χ3n) is 1.14. The van der Waals surface area contributed by atoms with E-state index in [1.807, 2.05) is 12.1 Å². The first-order valence-corrected chi connectivity index (χ1v) is 4.01. The van der Waals surface area contributed by atoms with E-state index in [0.717, 1.165) is 10.2 Å². The summed E-state index contributed by atoms with van der Waals surface area (Å²) < 4.78 is 0.957. The number of halogens is 1. The third-order valence-corrected chi connectivity index (χ3v) is 1.61. The van der Waals surface area contributed by atoms with E-state index in [9.17, 15) is 0 Å². The predicted octanol–water partition coefficient (Wildman–Crippen LogP) is 1.85. The van der Waals surface area contributed by atoms with Crippen LogP contribution in [0.2, 0.25) is 0 Å². The van der Waals surface area contributed by atoms with Crippen molar-refractivity contribution in [3.8, 4) is 0 Å². The zero-order valence-electron chi connectivity index (χ0n) is 5.87. The molecule has 0 aliphatic carbocycles. The van der Waals surface area contributed by atoms with Gasteiger partial charge in [-0.3, -0.25) is 4.98 Å². The SMILES string of the molecule is OCC=Cc1ccc(Br)cn1. The van der Waals surface area contributed by atoms with Crippen LogP contribution in [-0.4, -0.2) is 16.7 Å². The lowest BCUT2D eigenvalue weighted by Gasteiger charge is -1.91. The van der Waals surface area contributed by atoms with Gasteiger partial charge in [0.05, 0.1) is 12.3 Å². The van der Waals surface area contributed by atoms with Crippen LogP contribution in [0.5, 0.6) is 0 Å². The van der Waals surface area contributed by atoms with Crippen LogP contribution < -0.4 is 0 Å². The molecule has 0 aliphatic heterocycles. The highest BCUT2D eigenvalue weighted by atomic mass is 79.9. The van der Waals surface area contributed by atoms with Gasteiger partial charge in [0, 0.05) is 10.7 Å². The van der Waals surface area contributed by atoms with Gasteiger partial charge >= 0.3 is 0 Å². The summed E-state index contributed by atoms with van der Waals surface area (Å²) in [6.07, 6.45) is 5.14. The molecular formula is C8H8BrNO. The quantitative estimate of drug-likeness (QED) is 0.814. The van der Waals surface area contributed by atoms with Gasteiger partial charge in [-0.25, -0.2) is 0 Å². The summed E-state index contributed by atoms with van der Waals surface area (Å²) in [5.41, 5.74) is 0.849. The molecule has 0 radical (unpaired) electrons. The van der Waals surface area contributed by atoms with E-state index in [4.69, 9.17) is 5.11 Å². The van der Waals surface area contributed by atoms with E-state index in [1.165, 1.54) is 0 Å². The van der Waals surface area contributed by atoms with E-state index in [-0.39, 0.29) is 6.61 Å². The summed E-state index contributed by atoms with van der Waals surface area (Å²) in [6.45, 7) is 0.0533. The fourth-order valence-electron chi connectivity index (χ4n) is 0.659. The van der Waals surface area contributed by atoms with Crippen molar-refractivity contribution in [2.24, 2.45) is 0 Å². The maximum Gasteiger partial charge on any atom is 0.0628 e. The summed E-state index contributed by atoms with van der Waals surface area (Å²) in [5.74, 6) is 0. The second-order valence-electron chi connectivity index (χ2n) is 1.99. The van der Waals surface area contributed by atoms with Crippen molar-refractivity contribution in [1.82, 2.24) is 4.98 Å². The Kier molecular flexibility index (Phi) is 3.26. The molecule has 1 rings (SSSR count). The summed E-state index contributed by atoms with van der Waals surface area (Å²) in [6, 6.07) is 3.78. The van der Waals surface area contributed by atoms with Crippen LogP contribution in [0.4, 0.5) is 0 Å². The molecule has 0 saturated heterocycles. The summed E-state index contributed by atoms with van der Waals surface area (Å²) >= 11 is 3.28. The highest BCUT2D eigenvalue weighted by molar-refractivity contribution is 9.10. The average molecular weight is 214 g/mol. The van der Waals surface area contributed by atoms with Crippen molar-refractivity contribution in [2.75, 3.05) is 6.61 Å². The summed E-state index contributed by atoms with van der Waals surface area (Å²) in [5, 5.41) is 8.46. The molecule has 58 valence electrons. The topological polar surface area (TPSA) is 33.1 Å². The molecular weight excluding hydrogens is 206 g/mol. The lowest BCUT2D eigenvalue weighted by molar-refractivity contribution is 0.343. The van der Waals surface area contributed by atoms with E-state index in [1.54, 1.807) is 18.3 Å². The van der Waals surface area contributed by atoms with Gasteiger partial charge in [-0.05, 0) is 34.1 Å². The smallest absolute Gasteiger partial charge is 0.0628 e. The first-order chi connectivity index (χ1) is 5.33. The number of hydrogen-bond acceptors (Lipinski definition) is 2. The molecule has 1 heterocycles. The zero-order valence-corrected chi connectivity index (χ0v) is 7.45. The standard InChI is InChI=1S/C8H8BrNO/c9-7-3-4-8(10-6-7)2-1-5-11/h1-4,6,11H,5H2. The van der Waals surface area contributed by atoms with E-state index in [0.29, 0.717) is 0 Å². The van der Waals surface area contributed by atoms with Crippen molar-refractivity contribution >= 4 is 22.0 Å². The molecule has 1 aromatic heterocycles. The average Bonchev–Trinajstić information content (AvgIpc) is 2.04. The molecule has 0 aromatic carbocycles. The normalized spacial score (nSPS) is 10.7. The lowest BCUT2D eigenvalue weighted by Crippen LogP contribution is -1.79. The van der Waals surface area contributed by atoms with Crippen molar-refractivity contribution in [2.45, 2.75) is 0 Å². The Labute approximate surface area is 73.7 Å². The predicted molar refractivity (Wildman–Crippen MR) is 48.1 cm³/mol. The lowest BCUT2D eigenvalue weighted by atomic mass is 10.3. The number of rotatable bonds is 2. The number of nitrogens with zero attached hydrogens (tertiary/aromatic N) is 1. The highest BCUT2D eigenvalue weighted by Crippen LogP contribution is 2.07. The number of aromatic nitrogens is 1. The van der Waals surface area contributed by atoms with Crippen molar-refractivity contribution in [3.05, 3.63) is 34.6 Å². The maximum absolute atomic E-state index is 8.46. The highest BCUT2D eigenvalue weighted by Gasteiger charge is 1.86. The fraction of sp³-hybridized carbons (Fsp3) is 0.125. The molecule has 11 heavy (non-hydrogen) atoms. The van der Waals surface area contributed by atoms with E-state index < -0.39 is 0 Å². The molecule has 0 saturated carbocycles. The fourth-order valence-corrected chi connectivity index (χ4v) is 0.894. The Hall–Kier alpha value is -0.670. The molecule has 0 unspecified atom stereocenters. The summed E-state index contributed by atoms with van der Waals surface area (Å²) in [4.78, 5) is 4.07. The molecule has 0 bridgehead atoms. The third kappa shape index (κ3) is 2.82. The molecule has 0 fully saturated rings. The number of aliphatic hydroxyl groups excluding tert-OH is 1. The zero-order chi connectivity index (χ0) is 8.10. The molecule has 1 aromatic rings. The minimum absolute atomic E-state index is 0.0533. The molecule has 1 N–H and O–H groups in total. The minimum Gasteiger partial charge on any atom is -0.392 e. The van der Waals surface area contributed by atoms with Crippen LogP contribution in [0, 0.1) is 0 Å². The Morgan fingerprint density at radius 3 is 2.91 bits per heavy atom. The van der Waals surface area contributed by atoms with Crippen LogP contribution in [0.25, 0.3) is 6.08 Å². The first-order valence-electron chi connectivity index (χ1n) is 3.22. The molecule has 0 aliphatic rings. The second kappa shape index (κ2) is 4.26. The van der Waals surface area contributed by atoms with Crippen LogP contribution in [0.3, 0.4) is 0 Å². The van der Waals surface area contributed by atoms with Gasteiger partial charge in [0.25, 0.3) is 0 Å². The summed E-state index contributed by atoms with van der Waals surface area (Å²) in [7, 11) is 0. The van der Waals surface area contributed by atoms with Gasteiger partial charge in [-0.15, -0.1) is 0 Å². The first kappa shape index (κ1) is 8.43. The number of hydrogen-bond donors (Lipinski definition) is 1. The van der Waals surface area contributed by atoms with Crippen molar-refractivity contribution < 1.29 is 5.11 Å². The maximum atomic E-state index is 8.46. The number of pyridine rings is 1. The largest absolute Gasteiger partial charge is 0.392 e. The molecule has 0 amide bonds. The Balaban J connectivity index is 2.73. The van der Waals surface area contributed by atoms with Crippen LogP contribution in [0.15, 0.2) is 28.9 Å². The minimum atomic E-state index is 0.0533. The molecule has 2 nitrogen and oxygen atoms in total. The van der Waals surface area contributed by atoms with Crippen molar-refractivity contribution in [1.29, 1.82) is 0 Å². The van der Waals surface area contributed by atoms with E-state index >= 15 is 0 Å². The van der Waals surface area contributed by atoms with Gasteiger partial charge < -0.3 is 5.11 Å². The van der Waals surface area contributed by atoms with Crippen LogP contribution >= 0.6 is 15.9 Å². The van der Waals surface area contributed by atoms with Gasteiger partial charge in [0.15, 0.2) is 0 Å².